The minimum absolute atomic E-state index is 0.128. The predicted molar refractivity (Wildman–Crippen MR) is 141 cm³/mol. The van der Waals surface area contributed by atoms with Gasteiger partial charge in [-0.2, -0.15) is 0 Å². The number of aromatic hydroxyl groups is 1. The van der Waals surface area contributed by atoms with Crippen LogP contribution in [-0.2, 0) is 0 Å². The second kappa shape index (κ2) is 16.9. The van der Waals surface area contributed by atoms with Gasteiger partial charge in [0.2, 0.25) is 0 Å². The Balaban J connectivity index is 1.50. The number of rotatable bonds is 17. The Morgan fingerprint density at radius 1 is 0.818 bits per heavy atom. The predicted octanol–water partition coefficient (Wildman–Crippen LogP) is 8.15. The molecule has 0 heterocycles. The molecule has 0 spiro atoms. The fourth-order valence-electron chi connectivity index (χ4n) is 3.90. The van der Waals surface area contributed by atoms with Gasteiger partial charge >= 0.3 is 0 Å². The maximum Gasteiger partial charge on any atom is 0.255 e. The van der Waals surface area contributed by atoms with Crippen LogP contribution in [-0.4, -0.2) is 23.8 Å². The third kappa shape index (κ3) is 12.3. The van der Waals surface area contributed by atoms with Crippen LogP contribution in [0.1, 0.15) is 106 Å². The minimum Gasteiger partial charge on any atom is -0.508 e. The average molecular weight is 451 g/mol. The molecular formula is C29H42N2O2. The highest BCUT2D eigenvalue weighted by Gasteiger charge is 2.06. The average Bonchev–Trinajstić information content (AvgIpc) is 2.82. The SMILES string of the molecule is CCCCCCCCCCCCCCC/N=C/c1ccc(C(=O)Nc2cccc(O)c2)cc1. The van der Waals surface area contributed by atoms with Gasteiger partial charge in [-0.3, -0.25) is 9.79 Å². The number of anilines is 1. The standard InChI is InChI=1S/C29H42N2O2/c1-2-3-4-5-6-7-8-9-10-11-12-13-14-22-30-24-25-18-20-26(21-19-25)29(33)31-27-16-15-17-28(32)23-27/h15-21,23-24,32H,2-14,22H2,1H3,(H,31,33)/b30-24+. The molecule has 180 valence electrons. The largest absolute Gasteiger partial charge is 0.508 e. The maximum atomic E-state index is 12.3. The lowest BCUT2D eigenvalue weighted by molar-refractivity contribution is 0.102. The summed E-state index contributed by atoms with van der Waals surface area (Å²) in [4.78, 5) is 16.8. The Kier molecular flexibility index (Phi) is 13.7. The number of hydrogen-bond donors (Lipinski definition) is 2. The van der Waals surface area contributed by atoms with Crippen molar-refractivity contribution in [3.8, 4) is 5.75 Å². The summed E-state index contributed by atoms with van der Waals surface area (Å²) in [5.74, 6) is -0.0704. The van der Waals surface area contributed by atoms with Gasteiger partial charge in [-0.1, -0.05) is 102 Å². The molecule has 0 radical (unpaired) electrons. The van der Waals surface area contributed by atoms with E-state index in [9.17, 15) is 9.90 Å². The quantitative estimate of drug-likeness (QED) is 0.189. The van der Waals surface area contributed by atoms with Crippen molar-refractivity contribution >= 4 is 17.8 Å². The molecule has 0 saturated heterocycles. The van der Waals surface area contributed by atoms with Gasteiger partial charge in [0.05, 0.1) is 0 Å². The van der Waals surface area contributed by atoms with Crippen LogP contribution in [0.4, 0.5) is 5.69 Å². The smallest absolute Gasteiger partial charge is 0.255 e. The van der Waals surface area contributed by atoms with Gasteiger partial charge in [-0.15, -0.1) is 0 Å². The van der Waals surface area contributed by atoms with Crippen LogP contribution in [0.2, 0.25) is 0 Å². The molecule has 2 rings (SSSR count). The number of amides is 1. The summed E-state index contributed by atoms with van der Waals surface area (Å²) in [5.41, 5.74) is 2.15. The molecule has 0 aliphatic heterocycles. The van der Waals surface area contributed by atoms with Gasteiger partial charge in [0.1, 0.15) is 5.75 Å². The van der Waals surface area contributed by atoms with Gasteiger partial charge in [0, 0.05) is 30.1 Å². The number of hydrogen-bond acceptors (Lipinski definition) is 3. The number of carbonyl (C=O) groups excluding carboxylic acids is 1. The molecule has 33 heavy (non-hydrogen) atoms. The van der Waals surface area contributed by atoms with Crippen molar-refractivity contribution in [3.63, 3.8) is 0 Å². The second-order valence-corrected chi connectivity index (χ2v) is 8.90. The van der Waals surface area contributed by atoms with Crippen molar-refractivity contribution in [1.82, 2.24) is 0 Å². The van der Waals surface area contributed by atoms with Crippen molar-refractivity contribution in [2.75, 3.05) is 11.9 Å². The summed E-state index contributed by atoms with van der Waals surface area (Å²) in [6.45, 7) is 3.13. The third-order valence-corrected chi connectivity index (χ3v) is 5.91. The number of unbranched alkanes of at least 4 members (excludes halogenated alkanes) is 12. The molecule has 2 N–H and O–H groups in total. The molecule has 4 heteroatoms. The molecule has 0 fully saturated rings. The number of nitrogens with one attached hydrogen (secondary N) is 1. The van der Waals surface area contributed by atoms with E-state index in [1.165, 1.54) is 83.1 Å². The molecule has 4 nitrogen and oxygen atoms in total. The Morgan fingerprint density at radius 2 is 1.39 bits per heavy atom. The first-order valence-corrected chi connectivity index (χ1v) is 12.9. The summed E-state index contributed by atoms with van der Waals surface area (Å²) in [5, 5.41) is 12.3. The number of nitrogens with zero attached hydrogens (tertiary/aromatic N) is 1. The molecule has 0 aromatic heterocycles. The summed E-state index contributed by atoms with van der Waals surface area (Å²) in [6.07, 6.45) is 19.5. The second-order valence-electron chi connectivity index (χ2n) is 8.90. The number of aliphatic imine (C=N–C) groups is 1. The van der Waals surface area contributed by atoms with Crippen LogP contribution >= 0.6 is 0 Å². The highest BCUT2D eigenvalue weighted by Crippen LogP contribution is 2.16. The minimum atomic E-state index is -0.198. The van der Waals surface area contributed by atoms with Crippen molar-refractivity contribution in [2.45, 2.75) is 90.4 Å². The monoisotopic (exact) mass is 450 g/mol. The normalized spacial score (nSPS) is 11.2. The molecule has 2 aromatic rings. The van der Waals surface area contributed by atoms with Crippen molar-refractivity contribution in [2.24, 2.45) is 4.99 Å². The zero-order valence-electron chi connectivity index (χ0n) is 20.4. The highest BCUT2D eigenvalue weighted by atomic mass is 16.3. The molecule has 1 amide bonds. The number of phenols is 1. The topological polar surface area (TPSA) is 61.7 Å². The molecule has 0 aliphatic carbocycles. The lowest BCUT2D eigenvalue weighted by atomic mass is 10.0. The van der Waals surface area contributed by atoms with Crippen LogP contribution in [0.15, 0.2) is 53.5 Å². The first-order chi connectivity index (χ1) is 16.2. The fourth-order valence-corrected chi connectivity index (χ4v) is 3.90. The van der Waals surface area contributed by atoms with Crippen LogP contribution in [0.5, 0.6) is 5.75 Å². The molecule has 0 saturated carbocycles. The van der Waals surface area contributed by atoms with E-state index in [1.807, 2.05) is 18.3 Å². The first-order valence-electron chi connectivity index (χ1n) is 12.9. The molecule has 0 unspecified atom stereocenters. The zero-order valence-corrected chi connectivity index (χ0v) is 20.4. The van der Waals surface area contributed by atoms with Crippen molar-refractivity contribution < 1.29 is 9.90 Å². The lowest BCUT2D eigenvalue weighted by Crippen LogP contribution is -2.11. The van der Waals surface area contributed by atoms with Gasteiger partial charge < -0.3 is 10.4 Å². The Bertz CT molecular complexity index is 815. The molecule has 2 aromatic carbocycles. The first kappa shape index (κ1) is 26.6. The Morgan fingerprint density at radius 3 is 1.97 bits per heavy atom. The van der Waals surface area contributed by atoms with E-state index in [0.717, 1.165) is 18.5 Å². The molecule has 0 atom stereocenters. The lowest BCUT2D eigenvalue weighted by Gasteiger charge is -2.06. The summed E-state index contributed by atoms with van der Waals surface area (Å²) < 4.78 is 0. The van der Waals surface area contributed by atoms with E-state index < -0.39 is 0 Å². The van der Waals surface area contributed by atoms with E-state index >= 15 is 0 Å². The van der Waals surface area contributed by atoms with E-state index in [0.29, 0.717) is 11.3 Å². The highest BCUT2D eigenvalue weighted by molar-refractivity contribution is 6.04. The molecule has 0 bridgehead atoms. The Labute approximate surface area is 200 Å². The summed E-state index contributed by atoms with van der Waals surface area (Å²) in [6, 6.07) is 13.9. The maximum absolute atomic E-state index is 12.3. The third-order valence-electron chi connectivity index (χ3n) is 5.91. The van der Waals surface area contributed by atoms with Crippen LogP contribution in [0.3, 0.4) is 0 Å². The zero-order chi connectivity index (χ0) is 23.6. The van der Waals surface area contributed by atoms with Crippen molar-refractivity contribution in [3.05, 3.63) is 59.7 Å². The van der Waals surface area contributed by atoms with Gasteiger partial charge in [-0.05, 0) is 36.2 Å². The van der Waals surface area contributed by atoms with Gasteiger partial charge in [0.15, 0.2) is 0 Å². The molecule has 0 aliphatic rings. The van der Waals surface area contributed by atoms with E-state index in [1.54, 1.807) is 30.3 Å². The fraction of sp³-hybridized carbons (Fsp3) is 0.517. The van der Waals surface area contributed by atoms with Crippen LogP contribution in [0, 0.1) is 0 Å². The number of carbonyl (C=O) groups is 1. The van der Waals surface area contributed by atoms with Crippen LogP contribution in [0.25, 0.3) is 0 Å². The van der Waals surface area contributed by atoms with Gasteiger partial charge in [-0.25, -0.2) is 0 Å². The summed E-state index contributed by atoms with van der Waals surface area (Å²) in [7, 11) is 0. The van der Waals surface area contributed by atoms with Crippen molar-refractivity contribution in [1.29, 1.82) is 0 Å². The molecular weight excluding hydrogens is 408 g/mol. The van der Waals surface area contributed by atoms with Crippen LogP contribution < -0.4 is 5.32 Å². The summed E-state index contributed by atoms with van der Waals surface area (Å²) >= 11 is 0. The number of phenolic OH excluding ortho intramolecular Hbond substituents is 1. The van der Waals surface area contributed by atoms with E-state index in [2.05, 4.69) is 17.2 Å². The van der Waals surface area contributed by atoms with E-state index in [4.69, 9.17) is 0 Å². The number of benzene rings is 2. The van der Waals surface area contributed by atoms with E-state index in [-0.39, 0.29) is 11.7 Å². The Hall–Kier alpha value is -2.62. The van der Waals surface area contributed by atoms with Gasteiger partial charge in [0.25, 0.3) is 5.91 Å².